The number of aliphatic carboxylic acids is 2. The van der Waals surface area contributed by atoms with Crippen molar-refractivity contribution in [2.45, 2.75) is 16.7 Å². The standard InChI is InChI=1S/C17H19ClN2S.C4H4O4/c1-19-8-9-20-17-14-5-3-2-4-12(14)11-21-16-7-6-13(18)10-15(16)17;5-3(6)1-2-4(7)8/h2-7,10,17,19-20H,8-9,11H2,1H3;1-2H,(H,5,6)(H,7,8)/b;2-1-. The van der Waals surface area contributed by atoms with Gasteiger partial charge in [0.2, 0.25) is 0 Å². The lowest BCUT2D eigenvalue weighted by Crippen LogP contribution is -2.29. The molecule has 0 bridgehead atoms. The Morgan fingerprint density at radius 3 is 2.45 bits per heavy atom. The monoisotopic (exact) mass is 434 g/mol. The number of fused-ring (bicyclic) bond motifs is 2. The number of rotatable bonds is 6. The van der Waals surface area contributed by atoms with Gasteiger partial charge in [-0.15, -0.1) is 11.8 Å². The fraction of sp³-hybridized carbons (Fsp3) is 0.238. The summed E-state index contributed by atoms with van der Waals surface area (Å²) in [5, 5.41) is 23.3. The summed E-state index contributed by atoms with van der Waals surface area (Å²) in [4.78, 5) is 20.4. The van der Waals surface area contributed by atoms with E-state index in [0.29, 0.717) is 12.2 Å². The highest BCUT2D eigenvalue weighted by molar-refractivity contribution is 7.98. The number of thioether (sulfide) groups is 1. The second kappa shape index (κ2) is 11.6. The minimum atomic E-state index is -1.26. The van der Waals surface area contributed by atoms with Gasteiger partial charge in [-0.05, 0) is 41.9 Å². The number of hydrogen-bond donors (Lipinski definition) is 4. The van der Waals surface area contributed by atoms with E-state index < -0.39 is 11.9 Å². The molecule has 2 aromatic rings. The summed E-state index contributed by atoms with van der Waals surface area (Å²) < 4.78 is 0. The van der Waals surface area contributed by atoms with Crippen LogP contribution in [0.25, 0.3) is 0 Å². The van der Waals surface area contributed by atoms with Gasteiger partial charge in [0.05, 0.1) is 6.04 Å². The number of carboxylic acid groups (broad SMARTS) is 2. The highest BCUT2D eigenvalue weighted by atomic mass is 35.5. The molecule has 0 fully saturated rings. The Labute approximate surface area is 179 Å². The van der Waals surface area contributed by atoms with Crippen LogP contribution in [0.4, 0.5) is 0 Å². The van der Waals surface area contributed by atoms with Crippen molar-refractivity contribution >= 4 is 35.3 Å². The number of carboxylic acids is 2. The largest absolute Gasteiger partial charge is 0.478 e. The summed E-state index contributed by atoms with van der Waals surface area (Å²) in [6, 6.07) is 15.1. The molecule has 29 heavy (non-hydrogen) atoms. The molecule has 0 aromatic heterocycles. The minimum absolute atomic E-state index is 0.207. The molecule has 6 nitrogen and oxygen atoms in total. The first kappa shape index (κ1) is 23.0. The number of halogens is 1. The topological polar surface area (TPSA) is 98.7 Å². The van der Waals surface area contributed by atoms with Crippen LogP contribution in [0.3, 0.4) is 0 Å². The third kappa shape index (κ3) is 7.21. The Bertz CT molecular complexity index is 873. The fourth-order valence-electron chi connectivity index (χ4n) is 2.85. The van der Waals surface area contributed by atoms with E-state index in [1.165, 1.54) is 21.6 Å². The highest BCUT2D eigenvalue weighted by Crippen LogP contribution is 2.40. The molecule has 2 aromatic carbocycles. The Balaban J connectivity index is 0.000000321. The van der Waals surface area contributed by atoms with E-state index in [-0.39, 0.29) is 6.04 Å². The number of carbonyl (C=O) groups is 2. The number of likely N-dealkylation sites (N-methyl/N-ethyl adjacent to an activating group) is 1. The van der Waals surface area contributed by atoms with Gasteiger partial charge in [0.1, 0.15) is 0 Å². The first-order valence-corrected chi connectivity index (χ1v) is 10.3. The Kier molecular flexibility index (Phi) is 9.21. The van der Waals surface area contributed by atoms with Crippen LogP contribution in [-0.4, -0.2) is 42.3 Å². The van der Waals surface area contributed by atoms with Gasteiger partial charge in [-0.25, -0.2) is 9.59 Å². The van der Waals surface area contributed by atoms with Gasteiger partial charge in [-0.3, -0.25) is 0 Å². The molecule has 3 rings (SSSR count). The average molecular weight is 435 g/mol. The van der Waals surface area contributed by atoms with Crippen LogP contribution in [-0.2, 0) is 15.3 Å². The lowest BCUT2D eigenvalue weighted by molar-refractivity contribution is -0.134. The highest BCUT2D eigenvalue weighted by Gasteiger charge is 2.23. The summed E-state index contributed by atoms with van der Waals surface area (Å²) >= 11 is 8.12. The maximum absolute atomic E-state index is 9.55. The summed E-state index contributed by atoms with van der Waals surface area (Å²) in [6.07, 6.45) is 1.12. The summed E-state index contributed by atoms with van der Waals surface area (Å²) in [5.74, 6) is -1.51. The fourth-order valence-corrected chi connectivity index (χ4v) is 4.11. The molecule has 1 heterocycles. The van der Waals surface area contributed by atoms with Crippen LogP contribution >= 0.6 is 23.4 Å². The predicted molar refractivity (Wildman–Crippen MR) is 116 cm³/mol. The van der Waals surface area contributed by atoms with Crippen LogP contribution in [0.5, 0.6) is 0 Å². The van der Waals surface area contributed by atoms with E-state index in [0.717, 1.165) is 23.9 Å². The van der Waals surface area contributed by atoms with Crippen molar-refractivity contribution in [3.05, 3.63) is 76.3 Å². The summed E-state index contributed by atoms with van der Waals surface area (Å²) in [6.45, 7) is 1.87. The third-order valence-corrected chi connectivity index (χ3v) is 5.50. The van der Waals surface area contributed by atoms with E-state index in [1.54, 1.807) is 0 Å². The number of hydrogen-bond acceptors (Lipinski definition) is 5. The smallest absolute Gasteiger partial charge is 0.328 e. The van der Waals surface area contributed by atoms with E-state index in [1.807, 2.05) is 24.9 Å². The zero-order valence-corrected chi connectivity index (χ0v) is 17.5. The van der Waals surface area contributed by atoms with Crippen molar-refractivity contribution < 1.29 is 19.8 Å². The van der Waals surface area contributed by atoms with Crippen molar-refractivity contribution in [3.8, 4) is 0 Å². The molecule has 154 valence electrons. The van der Waals surface area contributed by atoms with Gasteiger partial charge in [0, 0.05) is 40.9 Å². The molecule has 0 saturated carbocycles. The lowest BCUT2D eigenvalue weighted by Gasteiger charge is -2.21. The van der Waals surface area contributed by atoms with Crippen molar-refractivity contribution in [2.24, 2.45) is 0 Å². The Morgan fingerprint density at radius 1 is 1.10 bits per heavy atom. The molecule has 0 aliphatic carbocycles. The Morgan fingerprint density at radius 2 is 1.79 bits per heavy atom. The van der Waals surface area contributed by atoms with E-state index in [2.05, 4.69) is 47.0 Å². The van der Waals surface area contributed by atoms with E-state index in [9.17, 15) is 9.59 Å². The molecule has 4 N–H and O–H groups in total. The number of nitrogens with one attached hydrogen (secondary N) is 2. The molecular formula is C21H23ClN2O4S. The molecule has 8 heteroatoms. The molecule has 1 atom stereocenters. The zero-order chi connectivity index (χ0) is 21.2. The molecule has 0 saturated heterocycles. The summed E-state index contributed by atoms with van der Waals surface area (Å²) in [7, 11) is 1.98. The molecule has 0 amide bonds. The predicted octanol–water partition coefficient (Wildman–Crippen LogP) is 3.56. The molecule has 1 unspecified atom stereocenters. The van der Waals surface area contributed by atoms with Crippen LogP contribution in [0.1, 0.15) is 22.7 Å². The number of benzene rings is 2. The van der Waals surface area contributed by atoms with Gasteiger partial charge in [-0.2, -0.15) is 0 Å². The second-order valence-corrected chi connectivity index (χ2v) is 7.62. The molecular weight excluding hydrogens is 412 g/mol. The van der Waals surface area contributed by atoms with Crippen LogP contribution < -0.4 is 10.6 Å². The molecule has 1 aliphatic rings. The van der Waals surface area contributed by atoms with Crippen LogP contribution in [0.2, 0.25) is 5.02 Å². The first-order valence-electron chi connectivity index (χ1n) is 8.94. The molecule has 1 aliphatic heterocycles. The SMILES string of the molecule is CNCCNC1c2ccccc2CSc2ccc(Cl)cc21.O=C(O)/C=C\C(=O)O. The van der Waals surface area contributed by atoms with Crippen LogP contribution in [0.15, 0.2) is 59.5 Å². The van der Waals surface area contributed by atoms with Gasteiger partial charge in [0.15, 0.2) is 0 Å². The van der Waals surface area contributed by atoms with E-state index in [4.69, 9.17) is 21.8 Å². The minimum Gasteiger partial charge on any atom is -0.478 e. The van der Waals surface area contributed by atoms with Crippen molar-refractivity contribution in [3.63, 3.8) is 0 Å². The Hall–Kier alpha value is -2.32. The van der Waals surface area contributed by atoms with Crippen LogP contribution in [0, 0.1) is 0 Å². The summed E-state index contributed by atoms with van der Waals surface area (Å²) in [5.41, 5.74) is 4.05. The van der Waals surface area contributed by atoms with Crippen molar-refractivity contribution in [1.82, 2.24) is 10.6 Å². The quantitative estimate of drug-likeness (QED) is 0.407. The molecule has 0 radical (unpaired) electrons. The van der Waals surface area contributed by atoms with Gasteiger partial charge >= 0.3 is 11.9 Å². The average Bonchev–Trinajstić information content (AvgIpc) is 2.84. The van der Waals surface area contributed by atoms with E-state index >= 15 is 0 Å². The molecule has 0 spiro atoms. The van der Waals surface area contributed by atoms with Crippen molar-refractivity contribution in [2.75, 3.05) is 20.1 Å². The van der Waals surface area contributed by atoms with Crippen molar-refractivity contribution in [1.29, 1.82) is 0 Å². The maximum Gasteiger partial charge on any atom is 0.328 e. The van der Waals surface area contributed by atoms with Gasteiger partial charge < -0.3 is 20.8 Å². The van der Waals surface area contributed by atoms with Gasteiger partial charge in [-0.1, -0.05) is 35.9 Å². The first-order chi connectivity index (χ1) is 13.9. The van der Waals surface area contributed by atoms with Gasteiger partial charge in [0.25, 0.3) is 0 Å². The normalized spacial score (nSPS) is 14.9. The lowest BCUT2D eigenvalue weighted by atomic mass is 9.95. The second-order valence-electron chi connectivity index (χ2n) is 6.17. The third-order valence-electron chi connectivity index (χ3n) is 4.12. The maximum atomic E-state index is 9.55. The zero-order valence-electron chi connectivity index (χ0n) is 15.9.